The van der Waals surface area contributed by atoms with Gasteiger partial charge in [-0.3, -0.25) is 9.59 Å². The van der Waals surface area contributed by atoms with E-state index >= 15 is 0 Å². The number of thioether (sulfide) groups is 1. The van der Waals surface area contributed by atoms with Gasteiger partial charge in [-0.1, -0.05) is 0 Å². The van der Waals surface area contributed by atoms with Crippen molar-refractivity contribution >= 4 is 29.4 Å². The second kappa shape index (κ2) is 6.15. The Morgan fingerprint density at radius 2 is 2.17 bits per heavy atom. The van der Waals surface area contributed by atoms with Gasteiger partial charge < -0.3 is 10.0 Å². The average Bonchev–Trinajstić information content (AvgIpc) is 2.90. The van der Waals surface area contributed by atoms with E-state index in [1.165, 1.54) is 4.52 Å². The fourth-order valence-electron chi connectivity index (χ4n) is 2.68. The molecule has 1 fully saturated rings. The van der Waals surface area contributed by atoms with Crippen LogP contribution in [0.5, 0.6) is 0 Å². The molecule has 1 amide bonds. The van der Waals surface area contributed by atoms with E-state index in [9.17, 15) is 9.59 Å². The van der Waals surface area contributed by atoms with Gasteiger partial charge >= 0.3 is 5.97 Å². The molecule has 2 aromatic heterocycles. The molecule has 1 aliphatic rings. The van der Waals surface area contributed by atoms with Crippen LogP contribution in [0.3, 0.4) is 0 Å². The Labute approximate surface area is 136 Å². The zero-order valence-corrected chi connectivity index (χ0v) is 13.7. The van der Waals surface area contributed by atoms with Crippen molar-refractivity contribution in [1.82, 2.24) is 24.5 Å². The molecule has 1 unspecified atom stereocenters. The summed E-state index contributed by atoms with van der Waals surface area (Å²) in [4.78, 5) is 33.8. The summed E-state index contributed by atoms with van der Waals surface area (Å²) in [7, 11) is 0. The quantitative estimate of drug-likeness (QED) is 0.884. The molecule has 0 saturated carbocycles. The molecular formula is C14H17N5O3S. The van der Waals surface area contributed by atoms with Crippen LogP contribution in [0.1, 0.15) is 28.4 Å². The van der Waals surface area contributed by atoms with E-state index in [0.29, 0.717) is 18.1 Å². The van der Waals surface area contributed by atoms with Crippen LogP contribution < -0.4 is 0 Å². The predicted octanol–water partition coefficient (Wildman–Crippen LogP) is 0.773. The summed E-state index contributed by atoms with van der Waals surface area (Å²) >= 11 is 1.66. The Kier molecular flexibility index (Phi) is 4.20. The first-order valence-corrected chi connectivity index (χ1v) is 8.42. The first kappa shape index (κ1) is 15.7. The number of hydrogen-bond donors (Lipinski definition) is 1. The van der Waals surface area contributed by atoms with Gasteiger partial charge in [0.15, 0.2) is 0 Å². The van der Waals surface area contributed by atoms with Crippen molar-refractivity contribution < 1.29 is 14.7 Å². The molecule has 1 saturated heterocycles. The lowest BCUT2D eigenvalue weighted by Gasteiger charge is -2.33. The lowest BCUT2D eigenvalue weighted by molar-refractivity contribution is -0.138. The van der Waals surface area contributed by atoms with Gasteiger partial charge in [-0.05, 0) is 19.9 Å². The Morgan fingerprint density at radius 1 is 1.39 bits per heavy atom. The molecule has 0 aliphatic carbocycles. The standard InChI is InChI=1S/C14H17N5O3S/c1-8-5-9(2)19-14(15-8)16-12(17-19)13(22)18-3-4-23-7-10(18)6-11(20)21/h5,10H,3-4,6-7H2,1-2H3,(H,20,21). The van der Waals surface area contributed by atoms with Crippen molar-refractivity contribution in [1.29, 1.82) is 0 Å². The molecule has 3 heterocycles. The zero-order chi connectivity index (χ0) is 16.6. The van der Waals surface area contributed by atoms with Gasteiger partial charge in [0.25, 0.3) is 11.7 Å². The van der Waals surface area contributed by atoms with Crippen LogP contribution >= 0.6 is 11.8 Å². The number of carboxylic acids is 1. The average molecular weight is 335 g/mol. The van der Waals surface area contributed by atoms with Crippen molar-refractivity contribution in [3.8, 4) is 0 Å². The number of carbonyl (C=O) groups is 2. The molecule has 9 heteroatoms. The summed E-state index contributed by atoms with van der Waals surface area (Å²) in [6.07, 6.45) is -0.0670. The Balaban J connectivity index is 1.92. The summed E-state index contributed by atoms with van der Waals surface area (Å²) in [6.45, 7) is 4.23. The molecule has 0 bridgehead atoms. The highest BCUT2D eigenvalue weighted by molar-refractivity contribution is 7.99. The molecular weight excluding hydrogens is 318 g/mol. The minimum atomic E-state index is -0.911. The van der Waals surface area contributed by atoms with E-state index in [-0.39, 0.29) is 24.2 Å². The number of hydrogen-bond acceptors (Lipinski definition) is 6. The molecule has 0 aromatic carbocycles. The molecule has 1 aliphatic heterocycles. The van der Waals surface area contributed by atoms with Crippen molar-refractivity contribution in [3.63, 3.8) is 0 Å². The number of carbonyl (C=O) groups excluding carboxylic acids is 1. The molecule has 3 rings (SSSR count). The third-order valence-electron chi connectivity index (χ3n) is 3.71. The van der Waals surface area contributed by atoms with Crippen molar-refractivity contribution in [2.24, 2.45) is 0 Å². The van der Waals surface area contributed by atoms with Gasteiger partial charge in [-0.2, -0.15) is 16.7 Å². The number of amides is 1. The third-order valence-corrected chi connectivity index (χ3v) is 4.80. The summed E-state index contributed by atoms with van der Waals surface area (Å²) in [5.74, 6) is 0.596. The Morgan fingerprint density at radius 3 is 2.91 bits per heavy atom. The highest BCUT2D eigenvalue weighted by Crippen LogP contribution is 2.21. The van der Waals surface area contributed by atoms with Gasteiger partial charge in [-0.25, -0.2) is 9.50 Å². The molecule has 8 nitrogen and oxygen atoms in total. The smallest absolute Gasteiger partial charge is 0.305 e. The molecule has 2 aromatic rings. The second-order valence-corrected chi connectivity index (χ2v) is 6.66. The number of aliphatic carboxylic acids is 1. The van der Waals surface area contributed by atoms with Crippen molar-refractivity contribution in [2.45, 2.75) is 26.3 Å². The fourth-order valence-corrected chi connectivity index (χ4v) is 3.74. The summed E-state index contributed by atoms with van der Waals surface area (Å²) in [5, 5.41) is 13.3. The van der Waals surface area contributed by atoms with Gasteiger partial charge in [-0.15, -0.1) is 5.10 Å². The molecule has 0 radical (unpaired) electrons. The number of nitrogens with zero attached hydrogens (tertiary/aromatic N) is 5. The van der Waals surface area contributed by atoms with Gasteiger partial charge in [0.2, 0.25) is 5.82 Å². The highest BCUT2D eigenvalue weighted by Gasteiger charge is 2.31. The highest BCUT2D eigenvalue weighted by atomic mass is 32.2. The number of aromatic nitrogens is 4. The maximum atomic E-state index is 12.7. The zero-order valence-electron chi connectivity index (χ0n) is 12.9. The normalized spacial score (nSPS) is 18.3. The lowest BCUT2D eigenvalue weighted by atomic mass is 10.2. The summed E-state index contributed by atoms with van der Waals surface area (Å²) in [6, 6.07) is 1.53. The van der Waals surface area contributed by atoms with E-state index in [4.69, 9.17) is 5.11 Å². The minimum Gasteiger partial charge on any atom is -0.481 e. The van der Waals surface area contributed by atoms with Crippen LogP contribution in [0, 0.1) is 13.8 Å². The summed E-state index contributed by atoms with van der Waals surface area (Å²) in [5.41, 5.74) is 1.65. The number of carboxylic acid groups (broad SMARTS) is 1. The van der Waals surface area contributed by atoms with Crippen LogP contribution in [-0.2, 0) is 4.79 Å². The number of fused-ring (bicyclic) bond motifs is 1. The van der Waals surface area contributed by atoms with E-state index in [1.807, 2.05) is 19.9 Å². The number of aryl methyl sites for hydroxylation is 2. The van der Waals surface area contributed by atoms with E-state index in [0.717, 1.165) is 17.1 Å². The minimum absolute atomic E-state index is 0.0634. The molecule has 23 heavy (non-hydrogen) atoms. The molecule has 1 atom stereocenters. The molecule has 122 valence electrons. The largest absolute Gasteiger partial charge is 0.481 e. The molecule has 0 spiro atoms. The Bertz CT molecular complexity index is 775. The monoisotopic (exact) mass is 335 g/mol. The second-order valence-electron chi connectivity index (χ2n) is 5.51. The van der Waals surface area contributed by atoms with Crippen LogP contribution in [0.25, 0.3) is 5.78 Å². The Hall–Kier alpha value is -2.16. The van der Waals surface area contributed by atoms with Gasteiger partial charge in [0, 0.05) is 29.4 Å². The van der Waals surface area contributed by atoms with Crippen LogP contribution in [0.4, 0.5) is 0 Å². The van der Waals surface area contributed by atoms with Crippen LogP contribution in [0.15, 0.2) is 6.07 Å². The van der Waals surface area contributed by atoms with E-state index < -0.39 is 5.97 Å². The lowest BCUT2D eigenvalue weighted by Crippen LogP contribution is -2.47. The number of rotatable bonds is 3. The molecule has 1 N–H and O–H groups in total. The fraction of sp³-hybridized carbons (Fsp3) is 0.500. The van der Waals surface area contributed by atoms with Crippen LogP contribution in [0.2, 0.25) is 0 Å². The maximum Gasteiger partial charge on any atom is 0.305 e. The van der Waals surface area contributed by atoms with Crippen molar-refractivity contribution in [3.05, 3.63) is 23.3 Å². The van der Waals surface area contributed by atoms with Crippen molar-refractivity contribution in [2.75, 3.05) is 18.1 Å². The predicted molar refractivity (Wildman–Crippen MR) is 84.7 cm³/mol. The van der Waals surface area contributed by atoms with Gasteiger partial charge in [0.05, 0.1) is 12.5 Å². The topological polar surface area (TPSA) is 101 Å². The van der Waals surface area contributed by atoms with Gasteiger partial charge in [0.1, 0.15) is 0 Å². The van der Waals surface area contributed by atoms with Crippen LogP contribution in [-0.4, -0.2) is 65.6 Å². The van der Waals surface area contributed by atoms with E-state index in [1.54, 1.807) is 16.7 Å². The first-order valence-electron chi connectivity index (χ1n) is 7.27. The first-order chi connectivity index (χ1) is 11.0. The third kappa shape index (κ3) is 3.14. The summed E-state index contributed by atoms with van der Waals surface area (Å²) < 4.78 is 1.53. The maximum absolute atomic E-state index is 12.7. The SMILES string of the molecule is Cc1cc(C)n2nc(C(=O)N3CCSCC3CC(=O)O)nc2n1. The van der Waals surface area contributed by atoms with E-state index in [2.05, 4.69) is 15.1 Å².